The van der Waals surface area contributed by atoms with Gasteiger partial charge in [0.1, 0.15) is 0 Å². The van der Waals surface area contributed by atoms with Gasteiger partial charge in [0.2, 0.25) is 5.91 Å². The van der Waals surface area contributed by atoms with Crippen LogP contribution in [0.3, 0.4) is 0 Å². The lowest BCUT2D eigenvalue weighted by Crippen LogP contribution is -2.31. The fourth-order valence-electron chi connectivity index (χ4n) is 1.60. The van der Waals surface area contributed by atoms with Crippen molar-refractivity contribution in [2.24, 2.45) is 11.8 Å². The monoisotopic (exact) mass is 200 g/mol. The van der Waals surface area contributed by atoms with Gasteiger partial charge in [-0.1, -0.05) is 20.8 Å². The van der Waals surface area contributed by atoms with Gasteiger partial charge in [-0.25, -0.2) is 0 Å². The van der Waals surface area contributed by atoms with E-state index in [0.29, 0.717) is 18.3 Å². The van der Waals surface area contributed by atoms with Crippen molar-refractivity contribution >= 4 is 5.91 Å². The Bertz CT molecular complexity index is 157. The highest BCUT2D eigenvalue weighted by Crippen LogP contribution is 2.13. The summed E-state index contributed by atoms with van der Waals surface area (Å²) in [5.41, 5.74) is 0. The maximum absolute atomic E-state index is 11.4. The summed E-state index contributed by atoms with van der Waals surface area (Å²) in [5.74, 6) is 1.34. The third-order valence-corrected chi connectivity index (χ3v) is 2.10. The molecule has 0 aliphatic carbocycles. The molecule has 3 nitrogen and oxygen atoms in total. The van der Waals surface area contributed by atoms with Gasteiger partial charge in [0.05, 0.1) is 0 Å². The molecule has 3 heteroatoms. The van der Waals surface area contributed by atoms with E-state index in [4.69, 9.17) is 0 Å². The molecule has 0 saturated carbocycles. The van der Waals surface area contributed by atoms with E-state index in [0.717, 1.165) is 19.5 Å². The second-order valence-corrected chi connectivity index (χ2v) is 4.39. The number of carbonyl (C=O) groups is 1. The predicted molar refractivity (Wildman–Crippen MR) is 60.2 cm³/mol. The van der Waals surface area contributed by atoms with Gasteiger partial charge in [-0.15, -0.1) is 0 Å². The zero-order chi connectivity index (χ0) is 11.0. The standard InChI is InChI=1S/C11H24N2O/c1-9(2)7-10(3)8-11(14)13-6-5-12-4/h9-10,12H,5-8H2,1-4H3,(H,13,14). The van der Waals surface area contributed by atoms with Crippen molar-refractivity contribution in [3.05, 3.63) is 0 Å². The quantitative estimate of drug-likeness (QED) is 0.610. The van der Waals surface area contributed by atoms with Crippen LogP contribution in [0.2, 0.25) is 0 Å². The van der Waals surface area contributed by atoms with Crippen molar-refractivity contribution in [3.8, 4) is 0 Å². The Morgan fingerprint density at radius 1 is 1.21 bits per heavy atom. The molecule has 0 aliphatic rings. The second kappa shape index (κ2) is 7.80. The summed E-state index contributed by atoms with van der Waals surface area (Å²) >= 11 is 0. The first-order chi connectivity index (χ1) is 6.56. The smallest absolute Gasteiger partial charge is 0.220 e. The first-order valence-electron chi connectivity index (χ1n) is 5.47. The number of likely N-dealkylation sites (N-methyl/N-ethyl adjacent to an activating group) is 1. The second-order valence-electron chi connectivity index (χ2n) is 4.39. The van der Waals surface area contributed by atoms with Gasteiger partial charge in [0, 0.05) is 19.5 Å². The van der Waals surface area contributed by atoms with Gasteiger partial charge in [0.15, 0.2) is 0 Å². The zero-order valence-electron chi connectivity index (χ0n) is 9.89. The van der Waals surface area contributed by atoms with Crippen molar-refractivity contribution in [2.75, 3.05) is 20.1 Å². The Balaban J connectivity index is 3.50. The van der Waals surface area contributed by atoms with E-state index in [2.05, 4.69) is 31.4 Å². The molecule has 0 aromatic rings. The Labute approximate surface area is 87.6 Å². The van der Waals surface area contributed by atoms with Crippen LogP contribution in [0.1, 0.15) is 33.6 Å². The Morgan fingerprint density at radius 3 is 2.36 bits per heavy atom. The van der Waals surface area contributed by atoms with Gasteiger partial charge in [-0.3, -0.25) is 4.79 Å². The SMILES string of the molecule is CNCCNC(=O)CC(C)CC(C)C. The first kappa shape index (κ1) is 13.4. The largest absolute Gasteiger partial charge is 0.355 e. The third kappa shape index (κ3) is 8.05. The van der Waals surface area contributed by atoms with E-state index >= 15 is 0 Å². The molecule has 0 spiro atoms. The van der Waals surface area contributed by atoms with Gasteiger partial charge in [-0.2, -0.15) is 0 Å². The molecule has 0 saturated heterocycles. The minimum atomic E-state index is 0.174. The molecule has 0 aromatic carbocycles. The molecular formula is C11H24N2O. The van der Waals surface area contributed by atoms with Crippen LogP contribution in [0.4, 0.5) is 0 Å². The maximum Gasteiger partial charge on any atom is 0.220 e. The Kier molecular flexibility index (Phi) is 7.48. The summed E-state index contributed by atoms with van der Waals surface area (Å²) in [6.07, 6.45) is 1.78. The van der Waals surface area contributed by atoms with Gasteiger partial charge < -0.3 is 10.6 Å². The van der Waals surface area contributed by atoms with E-state index in [1.807, 2.05) is 7.05 Å². The van der Waals surface area contributed by atoms with Gasteiger partial charge in [-0.05, 0) is 25.3 Å². The fourth-order valence-corrected chi connectivity index (χ4v) is 1.60. The topological polar surface area (TPSA) is 41.1 Å². The summed E-state index contributed by atoms with van der Waals surface area (Å²) in [6.45, 7) is 8.08. The Morgan fingerprint density at radius 2 is 1.86 bits per heavy atom. The van der Waals surface area contributed by atoms with Crippen LogP contribution in [0, 0.1) is 11.8 Å². The van der Waals surface area contributed by atoms with Crippen LogP contribution < -0.4 is 10.6 Å². The molecule has 0 aliphatic heterocycles. The third-order valence-electron chi connectivity index (χ3n) is 2.10. The van der Waals surface area contributed by atoms with E-state index in [1.54, 1.807) is 0 Å². The Hall–Kier alpha value is -0.570. The van der Waals surface area contributed by atoms with Crippen molar-refractivity contribution in [2.45, 2.75) is 33.6 Å². The number of amides is 1. The molecular weight excluding hydrogens is 176 g/mol. The average Bonchev–Trinajstić information content (AvgIpc) is 2.02. The molecule has 0 aromatic heterocycles. The number of rotatable bonds is 7. The summed E-state index contributed by atoms with van der Waals surface area (Å²) in [5, 5.41) is 5.88. The van der Waals surface area contributed by atoms with Crippen LogP contribution >= 0.6 is 0 Å². The molecule has 84 valence electrons. The predicted octanol–water partition coefficient (Wildman–Crippen LogP) is 1.39. The fraction of sp³-hybridized carbons (Fsp3) is 0.909. The summed E-state index contributed by atoms with van der Waals surface area (Å²) < 4.78 is 0. The highest BCUT2D eigenvalue weighted by Gasteiger charge is 2.09. The van der Waals surface area contributed by atoms with Crippen molar-refractivity contribution in [3.63, 3.8) is 0 Å². The molecule has 14 heavy (non-hydrogen) atoms. The number of hydrogen-bond acceptors (Lipinski definition) is 2. The van der Waals surface area contributed by atoms with Crippen molar-refractivity contribution in [1.29, 1.82) is 0 Å². The van der Waals surface area contributed by atoms with Crippen LogP contribution in [0.5, 0.6) is 0 Å². The van der Waals surface area contributed by atoms with E-state index in [-0.39, 0.29) is 5.91 Å². The minimum absolute atomic E-state index is 0.174. The highest BCUT2D eigenvalue weighted by molar-refractivity contribution is 5.76. The van der Waals surface area contributed by atoms with E-state index < -0.39 is 0 Å². The molecule has 0 rings (SSSR count). The number of carbonyl (C=O) groups excluding carboxylic acids is 1. The maximum atomic E-state index is 11.4. The van der Waals surface area contributed by atoms with E-state index in [9.17, 15) is 4.79 Å². The molecule has 0 fully saturated rings. The number of hydrogen-bond donors (Lipinski definition) is 2. The molecule has 1 unspecified atom stereocenters. The van der Waals surface area contributed by atoms with Crippen LogP contribution in [0.15, 0.2) is 0 Å². The lowest BCUT2D eigenvalue weighted by atomic mass is 9.96. The molecule has 1 atom stereocenters. The van der Waals surface area contributed by atoms with E-state index in [1.165, 1.54) is 0 Å². The lowest BCUT2D eigenvalue weighted by Gasteiger charge is -2.13. The van der Waals surface area contributed by atoms with Crippen molar-refractivity contribution < 1.29 is 4.79 Å². The van der Waals surface area contributed by atoms with Gasteiger partial charge in [0.25, 0.3) is 0 Å². The zero-order valence-corrected chi connectivity index (χ0v) is 9.89. The summed E-state index contributed by atoms with van der Waals surface area (Å²) in [7, 11) is 1.88. The van der Waals surface area contributed by atoms with Crippen LogP contribution in [-0.2, 0) is 4.79 Å². The molecule has 0 heterocycles. The molecule has 2 N–H and O–H groups in total. The van der Waals surface area contributed by atoms with Crippen LogP contribution in [-0.4, -0.2) is 26.0 Å². The summed E-state index contributed by atoms with van der Waals surface area (Å²) in [4.78, 5) is 11.4. The molecule has 1 amide bonds. The first-order valence-corrected chi connectivity index (χ1v) is 5.47. The number of nitrogens with one attached hydrogen (secondary N) is 2. The highest BCUT2D eigenvalue weighted by atomic mass is 16.1. The molecule has 0 bridgehead atoms. The molecule has 0 radical (unpaired) electrons. The minimum Gasteiger partial charge on any atom is -0.355 e. The van der Waals surface area contributed by atoms with Gasteiger partial charge >= 0.3 is 0 Å². The van der Waals surface area contributed by atoms with Crippen LogP contribution in [0.25, 0.3) is 0 Å². The summed E-state index contributed by atoms with van der Waals surface area (Å²) in [6, 6.07) is 0. The lowest BCUT2D eigenvalue weighted by molar-refractivity contribution is -0.121. The van der Waals surface area contributed by atoms with Crippen molar-refractivity contribution in [1.82, 2.24) is 10.6 Å². The normalized spacial score (nSPS) is 12.9. The average molecular weight is 200 g/mol.